The van der Waals surface area contributed by atoms with Crippen LogP contribution in [0.25, 0.3) is 6.08 Å². The number of nitrogens with zero attached hydrogens (tertiary/aromatic N) is 1. The van der Waals surface area contributed by atoms with E-state index in [1.807, 2.05) is 48.6 Å². The van der Waals surface area contributed by atoms with Crippen molar-refractivity contribution in [3.8, 4) is 5.75 Å². The fourth-order valence-electron chi connectivity index (χ4n) is 1.83. The van der Waals surface area contributed by atoms with Crippen molar-refractivity contribution < 1.29 is 9.53 Å². The summed E-state index contributed by atoms with van der Waals surface area (Å²) in [6.45, 7) is 1.68. The zero-order valence-electron chi connectivity index (χ0n) is 13.9. The summed E-state index contributed by atoms with van der Waals surface area (Å²) in [5, 5.41) is 4.61. The van der Waals surface area contributed by atoms with Crippen molar-refractivity contribution in [2.24, 2.45) is 5.10 Å². The first-order chi connectivity index (χ1) is 12.1. The number of amides is 1. The molecule has 0 aromatic heterocycles. The van der Waals surface area contributed by atoms with Gasteiger partial charge in [-0.3, -0.25) is 4.79 Å². The van der Waals surface area contributed by atoms with Crippen LogP contribution in [-0.2, 0) is 4.79 Å². The molecule has 0 aliphatic carbocycles. The number of carbonyl (C=O) groups excluding carboxylic acids is 1. The van der Waals surface area contributed by atoms with E-state index in [1.54, 1.807) is 37.3 Å². The Kier molecular flexibility index (Phi) is 7.47. The van der Waals surface area contributed by atoms with E-state index in [0.29, 0.717) is 16.5 Å². The second kappa shape index (κ2) is 10.1. The van der Waals surface area contributed by atoms with Crippen molar-refractivity contribution in [1.29, 1.82) is 0 Å². The van der Waals surface area contributed by atoms with Crippen molar-refractivity contribution in [3.05, 3.63) is 83.4 Å². The van der Waals surface area contributed by atoms with Crippen molar-refractivity contribution >= 4 is 29.3 Å². The Morgan fingerprint density at radius 1 is 1.12 bits per heavy atom. The molecule has 0 saturated carbocycles. The Hall–Kier alpha value is -2.85. The van der Waals surface area contributed by atoms with Crippen LogP contribution in [0.4, 0.5) is 0 Å². The van der Waals surface area contributed by atoms with E-state index in [-0.39, 0.29) is 12.5 Å². The molecule has 2 rings (SSSR count). The van der Waals surface area contributed by atoms with Crippen molar-refractivity contribution in [2.45, 2.75) is 6.92 Å². The van der Waals surface area contributed by atoms with Crippen molar-refractivity contribution in [1.82, 2.24) is 5.43 Å². The molecular formula is C20H19ClN2O2. The normalized spacial score (nSPS) is 11.8. The number of benzene rings is 2. The maximum atomic E-state index is 11.7. The number of allylic oxidation sites excluding steroid dienone is 3. The third-order valence-corrected chi connectivity index (χ3v) is 3.33. The molecule has 0 aliphatic heterocycles. The van der Waals surface area contributed by atoms with Gasteiger partial charge in [0.15, 0.2) is 6.61 Å². The molecule has 4 nitrogen and oxygen atoms in total. The third-order valence-electron chi connectivity index (χ3n) is 3.08. The predicted molar refractivity (Wildman–Crippen MR) is 103 cm³/mol. The SMILES string of the molecule is CC(/C=C/C=C/c1ccccc1)=N\NC(=O)COc1ccc(Cl)cc1. The van der Waals surface area contributed by atoms with Gasteiger partial charge in [0.1, 0.15) is 5.75 Å². The van der Waals surface area contributed by atoms with Gasteiger partial charge in [0, 0.05) is 5.02 Å². The van der Waals surface area contributed by atoms with Gasteiger partial charge in [0.2, 0.25) is 0 Å². The molecule has 0 radical (unpaired) electrons. The molecule has 2 aromatic carbocycles. The number of hydrogen-bond acceptors (Lipinski definition) is 3. The first-order valence-corrected chi connectivity index (χ1v) is 8.12. The van der Waals surface area contributed by atoms with E-state index in [2.05, 4.69) is 10.5 Å². The zero-order chi connectivity index (χ0) is 17.9. The molecule has 1 N–H and O–H groups in total. The molecule has 1 amide bonds. The number of ether oxygens (including phenoxy) is 1. The Morgan fingerprint density at radius 3 is 2.56 bits per heavy atom. The molecule has 0 aliphatic rings. The van der Waals surface area contributed by atoms with Crippen LogP contribution in [0, 0.1) is 0 Å². The van der Waals surface area contributed by atoms with E-state index < -0.39 is 0 Å². The minimum absolute atomic E-state index is 0.115. The zero-order valence-corrected chi connectivity index (χ0v) is 14.6. The molecule has 0 saturated heterocycles. The van der Waals surface area contributed by atoms with Gasteiger partial charge >= 0.3 is 0 Å². The average molecular weight is 355 g/mol. The van der Waals surface area contributed by atoms with Crippen molar-refractivity contribution in [3.63, 3.8) is 0 Å². The van der Waals surface area contributed by atoms with E-state index in [9.17, 15) is 4.79 Å². The first-order valence-electron chi connectivity index (χ1n) is 7.75. The van der Waals surface area contributed by atoms with Gasteiger partial charge in [-0.15, -0.1) is 0 Å². The van der Waals surface area contributed by atoms with Crippen LogP contribution in [0.15, 0.2) is 77.9 Å². The summed E-state index contributed by atoms with van der Waals surface area (Å²) in [5.41, 5.74) is 4.24. The molecular weight excluding hydrogens is 336 g/mol. The molecule has 0 spiro atoms. The molecule has 5 heteroatoms. The number of nitrogens with one attached hydrogen (secondary N) is 1. The summed E-state index contributed by atoms with van der Waals surface area (Å²) in [7, 11) is 0. The summed E-state index contributed by atoms with van der Waals surface area (Å²) in [4.78, 5) is 11.7. The molecule has 0 bridgehead atoms. The predicted octanol–water partition coefficient (Wildman–Crippen LogP) is 4.48. The first kappa shape index (κ1) is 18.5. The Bertz CT molecular complexity index is 766. The Morgan fingerprint density at radius 2 is 1.84 bits per heavy atom. The molecule has 25 heavy (non-hydrogen) atoms. The number of carbonyl (C=O) groups is 1. The standard InChI is InChI=1S/C20H19ClN2O2/c1-16(7-5-6-10-17-8-3-2-4-9-17)22-23-20(24)15-25-19-13-11-18(21)12-14-19/h2-14H,15H2,1H3,(H,23,24)/b7-5+,10-6+,22-16+. The molecule has 0 unspecified atom stereocenters. The second-order valence-electron chi connectivity index (χ2n) is 5.16. The van der Waals surface area contributed by atoms with Crippen molar-refractivity contribution in [2.75, 3.05) is 6.61 Å². The minimum Gasteiger partial charge on any atom is -0.484 e. The van der Waals surface area contributed by atoms with Crippen LogP contribution < -0.4 is 10.2 Å². The van der Waals surface area contributed by atoms with Crippen LogP contribution in [0.2, 0.25) is 5.02 Å². The molecule has 0 fully saturated rings. The molecule has 2 aromatic rings. The lowest BCUT2D eigenvalue weighted by molar-refractivity contribution is -0.123. The van der Waals surface area contributed by atoms with E-state index in [4.69, 9.17) is 16.3 Å². The molecule has 0 atom stereocenters. The highest BCUT2D eigenvalue weighted by Gasteiger charge is 2.01. The number of hydrogen-bond donors (Lipinski definition) is 1. The van der Waals surface area contributed by atoms with E-state index in [0.717, 1.165) is 5.56 Å². The largest absolute Gasteiger partial charge is 0.484 e. The maximum absolute atomic E-state index is 11.7. The van der Waals surface area contributed by atoms with E-state index in [1.165, 1.54) is 0 Å². The number of halogens is 1. The van der Waals surface area contributed by atoms with Gasteiger partial charge in [0.05, 0.1) is 5.71 Å². The van der Waals surface area contributed by atoms with Gasteiger partial charge in [-0.1, -0.05) is 60.2 Å². The topological polar surface area (TPSA) is 50.7 Å². The lowest BCUT2D eigenvalue weighted by Gasteiger charge is -2.05. The summed E-state index contributed by atoms with van der Waals surface area (Å²) in [6.07, 6.45) is 7.57. The highest BCUT2D eigenvalue weighted by Crippen LogP contribution is 2.15. The van der Waals surface area contributed by atoms with Gasteiger partial charge in [-0.25, -0.2) is 5.43 Å². The Balaban J connectivity index is 1.74. The highest BCUT2D eigenvalue weighted by atomic mass is 35.5. The smallest absolute Gasteiger partial charge is 0.277 e. The second-order valence-corrected chi connectivity index (χ2v) is 5.60. The van der Waals surface area contributed by atoms with Gasteiger partial charge < -0.3 is 4.74 Å². The van der Waals surface area contributed by atoms with Crippen LogP contribution in [0.5, 0.6) is 5.75 Å². The molecule has 128 valence electrons. The van der Waals surface area contributed by atoms with Gasteiger partial charge in [-0.2, -0.15) is 5.10 Å². The van der Waals surface area contributed by atoms with Crippen LogP contribution in [0.1, 0.15) is 12.5 Å². The monoisotopic (exact) mass is 354 g/mol. The summed E-state index contributed by atoms with van der Waals surface area (Å²) in [6, 6.07) is 16.8. The summed E-state index contributed by atoms with van der Waals surface area (Å²) < 4.78 is 5.33. The minimum atomic E-state index is -0.331. The number of hydrazone groups is 1. The fourth-order valence-corrected chi connectivity index (χ4v) is 1.95. The summed E-state index contributed by atoms with van der Waals surface area (Å²) >= 11 is 5.78. The third kappa shape index (κ3) is 7.50. The summed E-state index contributed by atoms with van der Waals surface area (Å²) in [5.74, 6) is 0.244. The fraction of sp³-hybridized carbons (Fsp3) is 0.100. The lowest BCUT2D eigenvalue weighted by Crippen LogP contribution is -2.25. The lowest BCUT2D eigenvalue weighted by atomic mass is 10.2. The molecule has 0 heterocycles. The van der Waals surface area contributed by atoms with Crippen LogP contribution >= 0.6 is 11.6 Å². The van der Waals surface area contributed by atoms with Gasteiger partial charge in [0.25, 0.3) is 5.91 Å². The number of rotatable bonds is 7. The quantitative estimate of drug-likeness (QED) is 0.452. The van der Waals surface area contributed by atoms with Crippen LogP contribution in [-0.4, -0.2) is 18.2 Å². The van der Waals surface area contributed by atoms with Crippen LogP contribution in [0.3, 0.4) is 0 Å². The van der Waals surface area contributed by atoms with Gasteiger partial charge in [-0.05, 0) is 42.8 Å². The Labute approximate surface area is 152 Å². The average Bonchev–Trinajstić information content (AvgIpc) is 2.64. The highest BCUT2D eigenvalue weighted by molar-refractivity contribution is 6.30. The maximum Gasteiger partial charge on any atom is 0.277 e. The van der Waals surface area contributed by atoms with E-state index >= 15 is 0 Å².